The highest BCUT2D eigenvalue weighted by atomic mass is 32.1. The summed E-state index contributed by atoms with van der Waals surface area (Å²) in [6.45, 7) is 4.59. The van der Waals surface area contributed by atoms with Crippen molar-refractivity contribution in [3.05, 3.63) is 16.0 Å². The van der Waals surface area contributed by atoms with Crippen LogP contribution < -0.4 is 5.32 Å². The summed E-state index contributed by atoms with van der Waals surface area (Å²) in [6, 6.07) is 2.16. The van der Waals surface area contributed by atoms with Gasteiger partial charge < -0.3 is 15.3 Å². The topological polar surface area (TPSA) is 93.4 Å². The largest absolute Gasteiger partial charge is 0.465 e. The van der Waals surface area contributed by atoms with Gasteiger partial charge in [-0.05, 0) is 24.8 Å². The first-order chi connectivity index (χ1) is 10.5. The highest BCUT2D eigenvalue weighted by Crippen LogP contribution is 2.37. The van der Waals surface area contributed by atoms with Crippen molar-refractivity contribution in [3.63, 3.8) is 0 Å². The van der Waals surface area contributed by atoms with Crippen LogP contribution in [-0.4, -0.2) is 28.6 Å². The number of amides is 2. The van der Waals surface area contributed by atoms with Gasteiger partial charge in [0, 0.05) is 17.3 Å². The number of carbonyl (C=O) groups excluding carboxylic acids is 1. The summed E-state index contributed by atoms with van der Waals surface area (Å²) in [5, 5.41) is 21.9. The Balaban J connectivity index is 2.26. The number of thiophene rings is 1. The van der Waals surface area contributed by atoms with Crippen LogP contribution >= 0.6 is 11.3 Å². The molecule has 22 heavy (non-hydrogen) atoms. The Hall–Kier alpha value is -2.07. The van der Waals surface area contributed by atoms with Crippen molar-refractivity contribution in [3.8, 4) is 6.07 Å². The maximum atomic E-state index is 12.2. The predicted molar refractivity (Wildman–Crippen MR) is 83.9 cm³/mol. The van der Waals surface area contributed by atoms with Crippen molar-refractivity contribution >= 4 is 28.3 Å². The van der Waals surface area contributed by atoms with Crippen molar-refractivity contribution in [1.29, 1.82) is 5.26 Å². The number of hydrogen-bond donors (Lipinski definition) is 2. The summed E-state index contributed by atoms with van der Waals surface area (Å²) < 4.78 is 0. The monoisotopic (exact) mass is 321 g/mol. The van der Waals surface area contributed by atoms with Crippen molar-refractivity contribution in [2.45, 2.75) is 39.7 Å². The van der Waals surface area contributed by atoms with E-state index in [2.05, 4.69) is 11.4 Å². The average Bonchev–Trinajstić information content (AvgIpc) is 2.84. The first-order valence-electron chi connectivity index (χ1n) is 7.35. The van der Waals surface area contributed by atoms with Gasteiger partial charge in [-0.1, -0.05) is 13.8 Å². The van der Waals surface area contributed by atoms with E-state index >= 15 is 0 Å². The van der Waals surface area contributed by atoms with Crippen molar-refractivity contribution in [1.82, 2.24) is 4.90 Å². The smallest absolute Gasteiger partial charge is 0.407 e. The lowest BCUT2D eigenvalue weighted by Gasteiger charge is -2.23. The molecule has 118 valence electrons. The predicted octanol–water partition coefficient (Wildman–Crippen LogP) is 3.03. The number of hydrogen-bond acceptors (Lipinski definition) is 4. The van der Waals surface area contributed by atoms with E-state index in [1.54, 1.807) is 0 Å². The molecule has 2 rings (SSSR count). The van der Waals surface area contributed by atoms with Crippen LogP contribution in [0.3, 0.4) is 0 Å². The van der Waals surface area contributed by atoms with E-state index in [0.717, 1.165) is 23.3 Å². The molecule has 1 aliphatic rings. The van der Waals surface area contributed by atoms with Gasteiger partial charge in [-0.2, -0.15) is 5.26 Å². The molecule has 6 nitrogen and oxygen atoms in total. The molecule has 0 aliphatic carbocycles. The third-order valence-electron chi connectivity index (χ3n) is 4.03. The fourth-order valence-electron chi connectivity index (χ4n) is 2.65. The van der Waals surface area contributed by atoms with Gasteiger partial charge in [-0.15, -0.1) is 11.3 Å². The number of nitrogens with zero attached hydrogens (tertiary/aromatic N) is 2. The maximum Gasteiger partial charge on any atom is 0.407 e. The van der Waals surface area contributed by atoms with Crippen LogP contribution in [0.15, 0.2) is 0 Å². The number of fused-ring (bicyclic) bond motifs is 1. The van der Waals surface area contributed by atoms with Gasteiger partial charge in [0.15, 0.2) is 0 Å². The molecule has 0 radical (unpaired) electrons. The Labute approximate surface area is 133 Å². The molecule has 1 aromatic heterocycles. The van der Waals surface area contributed by atoms with Crippen LogP contribution in [0.1, 0.15) is 42.7 Å². The number of rotatable bonds is 4. The fraction of sp³-hybridized carbons (Fsp3) is 0.533. The lowest BCUT2D eigenvalue weighted by atomic mass is 10.0. The quantitative estimate of drug-likeness (QED) is 0.891. The lowest BCUT2D eigenvalue weighted by Crippen LogP contribution is -2.34. The summed E-state index contributed by atoms with van der Waals surface area (Å²) in [6.07, 6.45) is 1.06. The molecule has 0 bridgehead atoms. The molecule has 0 unspecified atom stereocenters. The van der Waals surface area contributed by atoms with Gasteiger partial charge in [0.2, 0.25) is 5.91 Å². The maximum absolute atomic E-state index is 12.2. The Morgan fingerprint density at radius 2 is 2.14 bits per heavy atom. The minimum Gasteiger partial charge on any atom is -0.465 e. The molecule has 2 N–H and O–H groups in total. The van der Waals surface area contributed by atoms with E-state index in [-0.39, 0.29) is 18.4 Å². The van der Waals surface area contributed by atoms with Crippen molar-refractivity contribution in [2.75, 3.05) is 11.9 Å². The van der Waals surface area contributed by atoms with Gasteiger partial charge >= 0.3 is 6.09 Å². The Kier molecular flexibility index (Phi) is 5.03. The summed E-state index contributed by atoms with van der Waals surface area (Å²) in [5.74, 6) is -0.142. The van der Waals surface area contributed by atoms with Crippen LogP contribution in [0.2, 0.25) is 0 Å². The van der Waals surface area contributed by atoms with E-state index in [9.17, 15) is 14.9 Å². The van der Waals surface area contributed by atoms with Crippen LogP contribution in [-0.2, 0) is 17.8 Å². The molecule has 7 heteroatoms. The number of carbonyl (C=O) groups is 2. The second kappa shape index (κ2) is 6.79. The first-order valence-corrected chi connectivity index (χ1v) is 8.16. The average molecular weight is 321 g/mol. The zero-order valence-corrected chi connectivity index (χ0v) is 13.5. The van der Waals surface area contributed by atoms with Crippen LogP contribution in [0.5, 0.6) is 0 Å². The second-order valence-electron chi connectivity index (χ2n) is 5.28. The molecular weight excluding hydrogens is 302 g/mol. The summed E-state index contributed by atoms with van der Waals surface area (Å²) in [4.78, 5) is 25.5. The number of nitrogens with one attached hydrogen (secondary N) is 1. The lowest BCUT2D eigenvalue weighted by molar-refractivity contribution is -0.120. The fourth-order valence-corrected chi connectivity index (χ4v) is 3.86. The van der Waals surface area contributed by atoms with Crippen LogP contribution in [0.25, 0.3) is 0 Å². The minimum absolute atomic E-state index is 0.0683. The third kappa shape index (κ3) is 3.07. The highest BCUT2D eigenvalue weighted by molar-refractivity contribution is 7.16. The van der Waals surface area contributed by atoms with Crippen LogP contribution in [0, 0.1) is 17.2 Å². The summed E-state index contributed by atoms with van der Waals surface area (Å²) in [5.41, 5.74) is 1.37. The molecule has 2 amide bonds. The molecule has 1 aromatic rings. The zero-order chi connectivity index (χ0) is 16.3. The van der Waals surface area contributed by atoms with Gasteiger partial charge in [0.25, 0.3) is 0 Å². The molecular formula is C15H19N3O3S. The molecule has 0 fully saturated rings. The molecule has 0 aromatic carbocycles. The SMILES string of the molecule is CCC(CC)C(=O)Nc1sc2c(c1C#N)CCN(C(=O)O)C2. The standard InChI is InChI=1S/C15H19N3O3S/c1-3-9(4-2)13(19)17-14-11(7-16)10-5-6-18(15(20)21)8-12(10)22-14/h9H,3-6,8H2,1-2H3,(H,17,19)(H,20,21). The molecule has 0 saturated heterocycles. The highest BCUT2D eigenvalue weighted by Gasteiger charge is 2.27. The Morgan fingerprint density at radius 3 is 2.68 bits per heavy atom. The number of anilines is 1. The minimum atomic E-state index is -0.958. The van der Waals surface area contributed by atoms with E-state index < -0.39 is 6.09 Å². The zero-order valence-electron chi connectivity index (χ0n) is 12.7. The van der Waals surface area contributed by atoms with Crippen LogP contribution in [0.4, 0.5) is 9.80 Å². The molecule has 2 heterocycles. The summed E-state index contributed by atoms with van der Waals surface area (Å²) >= 11 is 1.31. The Morgan fingerprint density at radius 1 is 1.45 bits per heavy atom. The van der Waals surface area contributed by atoms with Gasteiger partial charge in [-0.25, -0.2) is 4.79 Å². The first kappa shape index (κ1) is 16.3. The van der Waals surface area contributed by atoms with Crippen molar-refractivity contribution < 1.29 is 14.7 Å². The van der Waals surface area contributed by atoms with E-state index in [4.69, 9.17) is 5.11 Å². The second-order valence-corrected chi connectivity index (χ2v) is 6.38. The normalized spacial score (nSPS) is 13.6. The Bertz CT molecular complexity index is 629. The van der Waals surface area contributed by atoms with Gasteiger partial charge in [0.1, 0.15) is 11.1 Å². The number of carboxylic acid groups (broad SMARTS) is 1. The van der Waals surface area contributed by atoms with Gasteiger partial charge in [0.05, 0.1) is 12.1 Å². The van der Waals surface area contributed by atoms with E-state index in [1.807, 2.05) is 13.8 Å². The number of nitriles is 1. The van der Waals surface area contributed by atoms with Crippen molar-refractivity contribution in [2.24, 2.45) is 5.92 Å². The van der Waals surface area contributed by atoms with Gasteiger partial charge in [-0.3, -0.25) is 4.79 Å². The molecule has 0 spiro atoms. The molecule has 1 aliphatic heterocycles. The summed E-state index contributed by atoms with van der Waals surface area (Å²) in [7, 11) is 0. The molecule has 0 atom stereocenters. The van der Waals surface area contributed by atoms with E-state index in [0.29, 0.717) is 23.5 Å². The van der Waals surface area contributed by atoms with E-state index in [1.165, 1.54) is 16.2 Å². The molecule has 0 saturated carbocycles. The third-order valence-corrected chi connectivity index (χ3v) is 5.16.